The number of benzene rings is 1. The summed E-state index contributed by atoms with van der Waals surface area (Å²) in [6, 6.07) is 9.54. The van der Waals surface area contributed by atoms with Gasteiger partial charge in [0.1, 0.15) is 4.21 Å². The molecule has 0 aliphatic heterocycles. The Labute approximate surface area is 154 Å². The van der Waals surface area contributed by atoms with E-state index in [0.717, 1.165) is 11.3 Å². The predicted molar refractivity (Wildman–Crippen MR) is 95.2 cm³/mol. The van der Waals surface area contributed by atoms with Crippen molar-refractivity contribution in [2.24, 2.45) is 0 Å². The van der Waals surface area contributed by atoms with Crippen molar-refractivity contribution in [3.8, 4) is 0 Å². The first-order valence-electron chi connectivity index (χ1n) is 7.11. The fraction of sp³-hybridized carbons (Fsp3) is 0.200. The number of esters is 1. The molecule has 0 unspecified atom stereocenters. The number of carbonyl (C=O) groups is 2. The zero-order valence-electron chi connectivity index (χ0n) is 12.9. The number of rotatable bonds is 8. The molecule has 10 heteroatoms. The van der Waals surface area contributed by atoms with Crippen molar-refractivity contribution in [2.75, 3.05) is 18.5 Å². The average Bonchev–Trinajstić information content (AvgIpc) is 3.10. The summed E-state index contributed by atoms with van der Waals surface area (Å²) in [7, 11) is -3.62. The van der Waals surface area contributed by atoms with Crippen LogP contribution in [0.2, 0.25) is 5.02 Å². The Morgan fingerprint density at radius 2 is 1.88 bits per heavy atom. The van der Waals surface area contributed by atoms with Gasteiger partial charge in [-0.3, -0.25) is 9.59 Å². The zero-order valence-corrected chi connectivity index (χ0v) is 15.3. The Hall–Kier alpha value is -1.94. The second-order valence-electron chi connectivity index (χ2n) is 4.80. The third-order valence-corrected chi connectivity index (χ3v) is 5.98. The summed E-state index contributed by atoms with van der Waals surface area (Å²) < 4.78 is 30.9. The highest BCUT2D eigenvalue weighted by atomic mass is 35.5. The molecule has 0 saturated carbocycles. The minimum Gasteiger partial charge on any atom is -0.456 e. The number of sulfonamides is 1. The Morgan fingerprint density at radius 1 is 1.16 bits per heavy atom. The number of anilines is 1. The topological polar surface area (TPSA) is 102 Å². The van der Waals surface area contributed by atoms with E-state index < -0.39 is 28.5 Å². The molecule has 0 atom stereocenters. The maximum Gasteiger partial charge on any atom is 0.307 e. The van der Waals surface area contributed by atoms with Crippen LogP contribution in [0.15, 0.2) is 46.0 Å². The van der Waals surface area contributed by atoms with E-state index in [1.807, 2.05) is 0 Å². The van der Waals surface area contributed by atoms with Crippen LogP contribution in [0.3, 0.4) is 0 Å². The van der Waals surface area contributed by atoms with Crippen LogP contribution in [-0.4, -0.2) is 33.4 Å². The maximum absolute atomic E-state index is 11.8. The number of ether oxygens (including phenoxy) is 1. The molecule has 2 aromatic rings. The highest BCUT2D eigenvalue weighted by Gasteiger charge is 2.15. The molecule has 0 fully saturated rings. The van der Waals surface area contributed by atoms with Crippen LogP contribution in [0.4, 0.5) is 5.69 Å². The first-order chi connectivity index (χ1) is 11.9. The Morgan fingerprint density at radius 3 is 2.52 bits per heavy atom. The molecule has 0 aliphatic rings. The second kappa shape index (κ2) is 8.95. The van der Waals surface area contributed by atoms with Crippen LogP contribution < -0.4 is 10.0 Å². The largest absolute Gasteiger partial charge is 0.456 e. The summed E-state index contributed by atoms with van der Waals surface area (Å²) in [4.78, 5) is 23.2. The minimum atomic E-state index is -3.62. The number of carbonyl (C=O) groups excluding carboxylic acids is 2. The van der Waals surface area contributed by atoms with Gasteiger partial charge in [0.2, 0.25) is 10.0 Å². The van der Waals surface area contributed by atoms with Gasteiger partial charge in [-0.2, -0.15) is 0 Å². The summed E-state index contributed by atoms with van der Waals surface area (Å²) in [6.07, 6.45) is -0.182. The lowest BCUT2D eigenvalue weighted by Gasteiger charge is -2.07. The van der Waals surface area contributed by atoms with Gasteiger partial charge in [0, 0.05) is 17.3 Å². The number of hydrogen-bond acceptors (Lipinski definition) is 6. The zero-order chi connectivity index (χ0) is 18.3. The van der Waals surface area contributed by atoms with E-state index in [1.54, 1.807) is 35.7 Å². The van der Waals surface area contributed by atoms with Crippen molar-refractivity contribution in [1.82, 2.24) is 4.72 Å². The van der Waals surface area contributed by atoms with Crippen LogP contribution in [-0.2, 0) is 24.3 Å². The van der Waals surface area contributed by atoms with Gasteiger partial charge >= 0.3 is 5.97 Å². The van der Waals surface area contributed by atoms with Crippen molar-refractivity contribution in [2.45, 2.75) is 10.6 Å². The Kier molecular flexibility index (Phi) is 6.94. The fourth-order valence-electron chi connectivity index (χ4n) is 1.72. The molecular formula is C15H15ClN2O5S2. The lowest BCUT2D eigenvalue weighted by Crippen LogP contribution is -2.27. The lowest BCUT2D eigenvalue weighted by atomic mass is 10.3. The van der Waals surface area contributed by atoms with Crippen molar-refractivity contribution in [3.63, 3.8) is 0 Å². The van der Waals surface area contributed by atoms with Crippen LogP contribution in [0.25, 0.3) is 0 Å². The summed E-state index contributed by atoms with van der Waals surface area (Å²) in [5.74, 6) is -1.19. The molecular weight excluding hydrogens is 388 g/mol. The quantitative estimate of drug-likeness (QED) is 0.659. The fourth-order valence-corrected chi connectivity index (χ4v) is 3.92. The number of amides is 1. The third kappa shape index (κ3) is 6.46. The summed E-state index contributed by atoms with van der Waals surface area (Å²) in [5.41, 5.74) is 0.522. The number of nitrogens with one attached hydrogen (secondary N) is 2. The smallest absolute Gasteiger partial charge is 0.307 e. The standard InChI is InChI=1S/C15H15ClN2O5S2/c16-11-3-5-12(6-4-11)18-13(19)10-23-14(20)7-8-17-25(21,22)15-2-1-9-24-15/h1-6,9,17H,7-8,10H2,(H,18,19). The summed E-state index contributed by atoms with van der Waals surface area (Å²) in [6.45, 7) is -0.572. The SMILES string of the molecule is O=C(COC(=O)CCNS(=O)(=O)c1cccs1)Nc1ccc(Cl)cc1. The van der Waals surface area contributed by atoms with Gasteiger partial charge in [0.25, 0.3) is 5.91 Å². The average molecular weight is 403 g/mol. The van der Waals surface area contributed by atoms with Crippen LogP contribution in [0.5, 0.6) is 0 Å². The van der Waals surface area contributed by atoms with E-state index in [0.29, 0.717) is 10.7 Å². The van der Waals surface area contributed by atoms with E-state index >= 15 is 0 Å². The van der Waals surface area contributed by atoms with Gasteiger partial charge in [-0.15, -0.1) is 11.3 Å². The second-order valence-corrected chi connectivity index (χ2v) is 8.17. The van der Waals surface area contributed by atoms with E-state index in [-0.39, 0.29) is 17.2 Å². The highest BCUT2D eigenvalue weighted by molar-refractivity contribution is 7.91. The molecule has 25 heavy (non-hydrogen) atoms. The molecule has 0 spiro atoms. The molecule has 1 aromatic carbocycles. The van der Waals surface area contributed by atoms with Crippen molar-refractivity contribution >= 4 is 50.5 Å². The number of halogens is 1. The van der Waals surface area contributed by atoms with Crippen LogP contribution >= 0.6 is 22.9 Å². The molecule has 1 heterocycles. The van der Waals surface area contributed by atoms with Gasteiger partial charge < -0.3 is 10.1 Å². The summed E-state index contributed by atoms with van der Waals surface area (Å²) >= 11 is 6.81. The minimum absolute atomic E-state index is 0.113. The van der Waals surface area contributed by atoms with Crippen LogP contribution in [0, 0.1) is 0 Å². The van der Waals surface area contributed by atoms with E-state index in [2.05, 4.69) is 10.0 Å². The first-order valence-corrected chi connectivity index (χ1v) is 9.85. The molecule has 134 valence electrons. The number of hydrogen-bond donors (Lipinski definition) is 2. The van der Waals surface area contributed by atoms with Crippen molar-refractivity contribution in [1.29, 1.82) is 0 Å². The molecule has 0 aliphatic carbocycles. The van der Waals surface area contributed by atoms with Crippen molar-refractivity contribution in [3.05, 3.63) is 46.8 Å². The molecule has 1 aromatic heterocycles. The molecule has 0 radical (unpaired) electrons. The normalized spacial score (nSPS) is 11.1. The number of thiophene rings is 1. The molecule has 1 amide bonds. The molecule has 2 rings (SSSR count). The maximum atomic E-state index is 11.8. The Balaban J connectivity index is 1.68. The van der Waals surface area contributed by atoms with E-state index in [9.17, 15) is 18.0 Å². The van der Waals surface area contributed by atoms with Crippen LogP contribution in [0.1, 0.15) is 6.42 Å². The lowest BCUT2D eigenvalue weighted by molar-refractivity contribution is -0.147. The van der Waals surface area contributed by atoms with Crippen molar-refractivity contribution < 1.29 is 22.7 Å². The molecule has 7 nitrogen and oxygen atoms in total. The van der Waals surface area contributed by atoms with Gasteiger partial charge in [0.05, 0.1) is 6.42 Å². The van der Waals surface area contributed by atoms with Gasteiger partial charge in [-0.05, 0) is 35.7 Å². The van der Waals surface area contributed by atoms with E-state index in [4.69, 9.17) is 16.3 Å². The van der Waals surface area contributed by atoms with Gasteiger partial charge in [0.15, 0.2) is 6.61 Å². The molecule has 0 saturated heterocycles. The highest BCUT2D eigenvalue weighted by Crippen LogP contribution is 2.15. The molecule has 0 bridgehead atoms. The first kappa shape index (κ1) is 19.4. The van der Waals surface area contributed by atoms with Gasteiger partial charge in [-0.1, -0.05) is 17.7 Å². The van der Waals surface area contributed by atoms with Gasteiger partial charge in [-0.25, -0.2) is 13.1 Å². The third-order valence-electron chi connectivity index (χ3n) is 2.87. The Bertz CT molecular complexity index is 820. The van der Waals surface area contributed by atoms with E-state index in [1.165, 1.54) is 6.07 Å². The monoisotopic (exact) mass is 402 g/mol. The predicted octanol–water partition coefficient (Wildman–Crippen LogP) is 2.25. The molecule has 2 N–H and O–H groups in total. The summed E-state index contributed by atoms with van der Waals surface area (Å²) in [5, 5.41) is 4.72.